The lowest BCUT2D eigenvalue weighted by molar-refractivity contribution is 0.249. The van der Waals surface area contributed by atoms with Gasteiger partial charge >= 0.3 is 0 Å². The molecule has 0 aromatic heterocycles. The lowest BCUT2D eigenvalue weighted by atomic mass is 10.1. The molecule has 1 saturated heterocycles. The van der Waals surface area contributed by atoms with E-state index in [1.807, 2.05) is 18.2 Å². The van der Waals surface area contributed by atoms with Gasteiger partial charge in [-0.15, -0.1) is 0 Å². The fourth-order valence-corrected chi connectivity index (χ4v) is 4.44. The van der Waals surface area contributed by atoms with E-state index in [0.29, 0.717) is 11.6 Å². The third kappa shape index (κ3) is 3.09. The molecule has 126 valence electrons. The highest BCUT2D eigenvalue weighted by Crippen LogP contribution is 2.30. The molecule has 2 aromatic carbocycles. The molecule has 0 spiro atoms. The summed E-state index contributed by atoms with van der Waals surface area (Å²) in [5.41, 5.74) is 2.86. The van der Waals surface area contributed by atoms with Crippen molar-refractivity contribution < 1.29 is 8.94 Å². The van der Waals surface area contributed by atoms with Crippen LogP contribution in [0.25, 0.3) is 0 Å². The van der Waals surface area contributed by atoms with Gasteiger partial charge in [-0.05, 0) is 29.8 Å². The van der Waals surface area contributed by atoms with Crippen molar-refractivity contribution in [2.75, 3.05) is 42.3 Å². The van der Waals surface area contributed by atoms with Crippen molar-refractivity contribution in [3.63, 3.8) is 0 Å². The Balaban J connectivity index is 1.39. The van der Waals surface area contributed by atoms with E-state index >= 15 is 0 Å². The Morgan fingerprint density at radius 2 is 1.88 bits per heavy atom. The minimum Gasteiger partial charge on any atom is -0.610 e. The fourth-order valence-electron chi connectivity index (χ4n) is 3.33. The third-order valence-electron chi connectivity index (χ3n) is 4.66. The van der Waals surface area contributed by atoms with Gasteiger partial charge in [0.15, 0.2) is 10.8 Å². The molecule has 24 heavy (non-hydrogen) atoms. The van der Waals surface area contributed by atoms with Crippen LogP contribution in [-0.4, -0.2) is 41.5 Å². The van der Waals surface area contributed by atoms with Crippen molar-refractivity contribution in [3.8, 4) is 0 Å². The number of fused-ring (bicyclic) bond motifs is 1. The summed E-state index contributed by atoms with van der Waals surface area (Å²) in [7, 11) is 0. The molecule has 2 aliphatic rings. The predicted molar refractivity (Wildman–Crippen MR) is 95.2 cm³/mol. The number of hydrogen-bond donors (Lipinski definition) is 1. The maximum Gasteiger partial charge on any atom is 0.181 e. The zero-order chi connectivity index (χ0) is 16.5. The number of hydrogen-bond acceptors (Lipinski definition) is 4. The van der Waals surface area contributed by atoms with Gasteiger partial charge in [0.1, 0.15) is 5.82 Å². The zero-order valence-corrected chi connectivity index (χ0v) is 14.2. The van der Waals surface area contributed by atoms with Gasteiger partial charge in [-0.2, -0.15) is 0 Å². The van der Waals surface area contributed by atoms with Crippen LogP contribution in [-0.2, 0) is 17.7 Å². The topological polar surface area (TPSA) is 41.6 Å². The van der Waals surface area contributed by atoms with Crippen molar-refractivity contribution in [1.82, 2.24) is 4.90 Å². The monoisotopic (exact) mass is 345 g/mol. The Bertz CT molecular complexity index is 734. The number of anilines is 2. The summed E-state index contributed by atoms with van der Waals surface area (Å²) in [5, 5.41) is 3.15. The van der Waals surface area contributed by atoms with Gasteiger partial charge in [0.2, 0.25) is 0 Å². The molecule has 1 N–H and O–H groups in total. The number of nitrogens with zero attached hydrogens (tertiary/aromatic N) is 2. The molecule has 0 aliphatic carbocycles. The van der Waals surface area contributed by atoms with Gasteiger partial charge in [0.25, 0.3) is 0 Å². The summed E-state index contributed by atoms with van der Waals surface area (Å²) in [5.74, 6) is 0.361. The van der Waals surface area contributed by atoms with E-state index in [2.05, 4.69) is 27.2 Å². The number of para-hydroxylation sites is 1. The highest BCUT2D eigenvalue weighted by atomic mass is 32.2. The van der Waals surface area contributed by atoms with Crippen molar-refractivity contribution in [3.05, 3.63) is 53.8 Å². The van der Waals surface area contributed by atoms with Gasteiger partial charge in [0.05, 0.1) is 11.4 Å². The summed E-state index contributed by atoms with van der Waals surface area (Å²) >= 11 is -0.927. The first-order valence-electron chi connectivity index (χ1n) is 8.18. The first-order chi connectivity index (χ1) is 11.7. The maximum atomic E-state index is 13.9. The second-order valence-electron chi connectivity index (χ2n) is 6.21. The smallest absolute Gasteiger partial charge is 0.181 e. The molecule has 2 aromatic rings. The first-order valence-corrected chi connectivity index (χ1v) is 9.49. The molecule has 0 amide bonds. The Labute approximate surface area is 144 Å². The Morgan fingerprint density at radius 1 is 1.08 bits per heavy atom. The highest BCUT2D eigenvalue weighted by Gasteiger charge is 2.25. The van der Waals surface area contributed by atoms with Gasteiger partial charge in [-0.1, -0.05) is 18.2 Å². The van der Waals surface area contributed by atoms with Crippen LogP contribution in [0, 0.1) is 5.82 Å². The molecule has 2 aliphatic heterocycles. The van der Waals surface area contributed by atoms with E-state index < -0.39 is 11.2 Å². The van der Waals surface area contributed by atoms with Crippen molar-refractivity contribution >= 4 is 22.6 Å². The van der Waals surface area contributed by atoms with Crippen LogP contribution >= 0.6 is 0 Å². The molecule has 6 heteroatoms. The van der Waals surface area contributed by atoms with E-state index in [9.17, 15) is 8.94 Å². The fraction of sp³-hybridized carbons (Fsp3) is 0.333. The third-order valence-corrected chi connectivity index (χ3v) is 5.89. The lowest BCUT2D eigenvalue weighted by Gasteiger charge is -2.36. The molecule has 4 nitrogen and oxygen atoms in total. The molecular weight excluding hydrogens is 325 g/mol. The normalized spacial score (nSPS) is 20.8. The van der Waals surface area contributed by atoms with Crippen LogP contribution in [0.5, 0.6) is 0 Å². The molecular formula is C18H20FN3OS. The van der Waals surface area contributed by atoms with Crippen molar-refractivity contribution in [2.45, 2.75) is 11.4 Å². The van der Waals surface area contributed by atoms with Crippen molar-refractivity contribution in [1.29, 1.82) is 0 Å². The van der Waals surface area contributed by atoms with Gasteiger partial charge in [-0.25, -0.2) is 4.39 Å². The summed E-state index contributed by atoms with van der Waals surface area (Å²) in [6.45, 7) is 4.27. The molecule has 4 rings (SSSR count). The summed E-state index contributed by atoms with van der Waals surface area (Å²) in [6, 6.07) is 13.1. The second-order valence-corrected chi connectivity index (χ2v) is 7.63. The standard InChI is InChI=1S/C18H20FN3OS/c19-15-3-1-2-4-17(15)22-9-7-21(8-10-22)12-14-5-6-16-18(11-14)24(23)13-20-16/h1-6,11,20H,7-10,12-13H2. The number of piperazine rings is 1. The van der Waals surface area contributed by atoms with E-state index in [1.54, 1.807) is 6.07 Å². The largest absolute Gasteiger partial charge is 0.610 e. The van der Waals surface area contributed by atoms with Gasteiger partial charge in [-0.3, -0.25) is 4.90 Å². The maximum absolute atomic E-state index is 13.9. The average molecular weight is 345 g/mol. The molecule has 0 saturated carbocycles. The van der Waals surface area contributed by atoms with Gasteiger partial charge < -0.3 is 14.8 Å². The molecule has 0 radical (unpaired) electrons. The Kier molecular flexibility index (Phi) is 4.35. The SMILES string of the molecule is [O-][S+]1CNc2ccc(CN3CCN(c4ccccc4F)CC3)cc21. The Morgan fingerprint density at radius 3 is 2.67 bits per heavy atom. The molecule has 1 unspecified atom stereocenters. The lowest BCUT2D eigenvalue weighted by Crippen LogP contribution is -2.46. The second kappa shape index (κ2) is 6.63. The molecule has 1 fully saturated rings. The molecule has 1 atom stereocenters. The van der Waals surface area contributed by atoms with E-state index in [0.717, 1.165) is 43.3 Å². The summed E-state index contributed by atoms with van der Waals surface area (Å²) in [6.07, 6.45) is 0. The van der Waals surface area contributed by atoms with E-state index in [4.69, 9.17) is 0 Å². The number of rotatable bonds is 3. The summed E-state index contributed by atoms with van der Waals surface area (Å²) in [4.78, 5) is 5.38. The van der Waals surface area contributed by atoms with Crippen molar-refractivity contribution in [2.24, 2.45) is 0 Å². The zero-order valence-electron chi connectivity index (χ0n) is 13.4. The first kappa shape index (κ1) is 15.7. The van der Waals surface area contributed by atoms with E-state index in [1.165, 1.54) is 11.6 Å². The predicted octanol–water partition coefficient (Wildman–Crippen LogP) is 2.64. The molecule has 2 heterocycles. The highest BCUT2D eigenvalue weighted by molar-refractivity contribution is 7.92. The van der Waals surface area contributed by atoms with Crippen LogP contribution in [0.15, 0.2) is 47.4 Å². The quantitative estimate of drug-likeness (QED) is 0.869. The number of halogens is 1. The minimum absolute atomic E-state index is 0.153. The van der Waals surface area contributed by atoms with Crippen LogP contribution in [0.3, 0.4) is 0 Å². The summed E-state index contributed by atoms with van der Waals surface area (Å²) < 4.78 is 25.8. The Hall–Kier alpha value is -1.76. The van der Waals surface area contributed by atoms with Crippen LogP contribution in [0.2, 0.25) is 0 Å². The van der Waals surface area contributed by atoms with E-state index in [-0.39, 0.29) is 5.82 Å². The average Bonchev–Trinajstić information content (AvgIpc) is 2.97. The van der Waals surface area contributed by atoms with Crippen LogP contribution in [0.4, 0.5) is 15.8 Å². The molecule has 0 bridgehead atoms. The van der Waals surface area contributed by atoms with Crippen LogP contribution < -0.4 is 10.2 Å². The van der Waals surface area contributed by atoms with Crippen LogP contribution in [0.1, 0.15) is 5.56 Å². The minimum atomic E-state index is -0.927. The number of nitrogens with one attached hydrogen (secondary N) is 1. The van der Waals surface area contributed by atoms with Gasteiger partial charge in [0, 0.05) is 43.9 Å². The number of benzene rings is 2.